The Hall–Kier alpha value is 0.480. The quantitative estimate of drug-likeness (QED) is 0.674. The topological polar surface area (TPSA) is 24.4 Å². The minimum Gasteiger partial charge on any atom is -0.333 e. The Kier molecular flexibility index (Phi) is 4.97. The first kappa shape index (κ1) is 13.9. The first-order valence-corrected chi connectivity index (χ1v) is 8.58. The molecule has 92 valence electrons. The van der Waals surface area contributed by atoms with E-state index < -0.39 is 0 Å². The summed E-state index contributed by atoms with van der Waals surface area (Å²) in [6.07, 6.45) is 1.10. The van der Waals surface area contributed by atoms with Gasteiger partial charge in [-0.3, -0.25) is 4.99 Å². The van der Waals surface area contributed by atoms with Gasteiger partial charge in [0.1, 0.15) is 0 Å². The number of benzene rings is 1. The van der Waals surface area contributed by atoms with Crippen molar-refractivity contribution in [3.63, 3.8) is 0 Å². The lowest BCUT2D eigenvalue weighted by molar-refractivity contribution is 0.738. The lowest BCUT2D eigenvalue weighted by Crippen LogP contribution is -2.06. The molecule has 1 aromatic rings. The summed E-state index contributed by atoms with van der Waals surface area (Å²) in [7, 11) is 0. The maximum absolute atomic E-state index is 4.62. The van der Waals surface area contributed by atoms with Crippen LogP contribution in [0.4, 0.5) is 5.69 Å². The summed E-state index contributed by atoms with van der Waals surface area (Å²) in [5.74, 6) is 1.07. The Balaban J connectivity index is 2.20. The number of rotatable bonds is 2. The van der Waals surface area contributed by atoms with Gasteiger partial charge in [0.2, 0.25) is 0 Å². The van der Waals surface area contributed by atoms with Crippen LogP contribution in [0.1, 0.15) is 13.3 Å². The number of hydrogen-bond acceptors (Lipinski definition) is 3. The zero-order valence-electron chi connectivity index (χ0n) is 9.14. The molecule has 1 atom stereocenters. The summed E-state index contributed by atoms with van der Waals surface area (Å²) in [4.78, 5) is 4.62. The minimum atomic E-state index is 0.454. The SMILES string of the molecule is CCC1CSC(Nc2c(Br)cc(Br)cc2Br)=N1. The van der Waals surface area contributed by atoms with E-state index in [-0.39, 0.29) is 0 Å². The molecule has 1 heterocycles. The van der Waals surface area contributed by atoms with Gasteiger partial charge in [-0.15, -0.1) is 0 Å². The molecule has 2 rings (SSSR count). The Morgan fingerprint density at radius 2 is 2.00 bits per heavy atom. The standard InChI is InChI=1S/C11H11Br3N2S/c1-2-7-5-17-11(15-7)16-10-8(13)3-6(12)4-9(10)14/h3-4,7H,2,5H2,1H3,(H,15,16). The predicted octanol–water partition coefficient (Wildman–Crippen LogP) is 5.27. The molecule has 6 heteroatoms. The van der Waals surface area contributed by atoms with E-state index in [0.29, 0.717) is 6.04 Å². The lowest BCUT2D eigenvalue weighted by atomic mass is 10.3. The van der Waals surface area contributed by atoms with Gasteiger partial charge in [-0.25, -0.2) is 0 Å². The Bertz CT molecular complexity index is 439. The van der Waals surface area contributed by atoms with Crippen LogP contribution >= 0.6 is 59.6 Å². The number of nitrogens with zero attached hydrogens (tertiary/aromatic N) is 1. The molecule has 0 bridgehead atoms. The molecular weight excluding hydrogens is 432 g/mol. The van der Waals surface area contributed by atoms with Crippen molar-refractivity contribution in [1.82, 2.24) is 0 Å². The van der Waals surface area contributed by atoms with Crippen molar-refractivity contribution in [2.75, 3.05) is 11.1 Å². The van der Waals surface area contributed by atoms with Gasteiger partial charge in [0.15, 0.2) is 5.17 Å². The maximum Gasteiger partial charge on any atom is 0.161 e. The van der Waals surface area contributed by atoms with E-state index in [0.717, 1.165) is 36.4 Å². The zero-order chi connectivity index (χ0) is 12.4. The first-order chi connectivity index (χ1) is 8.10. The molecule has 0 spiro atoms. The van der Waals surface area contributed by atoms with Crippen molar-refractivity contribution >= 4 is 70.4 Å². The maximum atomic E-state index is 4.62. The van der Waals surface area contributed by atoms with E-state index >= 15 is 0 Å². The van der Waals surface area contributed by atoms with Crippen LogP contribution < -0.4 is 5.32 Å². The average Bonchev–Trinajstić information content (AvgIpc) is 2.71. The second kappa shape index (κ2) is 6.08. The van der Waals surface area contributed by atoms with Crippen molar-refractivity contribution in [1.29, 1.82) is 0 Å². The van der Waals surface area contributed by atoms with Gasteiger partial charge in [-0.05, 0) is 50.4 Å². The zero-order valence-corrected chi connectivity index (χ0v) is 14.7. The molecule has 0 aliphatic carbocycles. The molecule has 1 N–H and O–H groups in total. The van der Waals surface area contributed by atoms with Gasteiger partial charge in [0.25, 0.3) is 0 Å². The van der Waals surface area contributed by atoms with Crippen molar-refractivity contribution < 1.29 is 0 Å². The number of thioether (sulfide) groups is 1. The molecule has 0 radical (unpaired) electrons. The number of amidine groups is 1. The molecule has 0 aromatic heterocycles. The molecule has 1 aliphatic heterocycles. The first-order valence-electron chi connectivity index (χ1n) is 5.22. The van der Waals surface area contributed by atoms with E-state index in [2.05, 4.69) is 65.0 Å². The highest BCUT2D eigenvalue weighted by Gasteiger charge is 2.18. The van der Waals surface area contributed by atoms with Crippen LogP contribution in [-0.4, -0.2) is 17.0 Å². The Morgan fingerprint density at radius 1 is 1.35 bits per heavy atom. The molecule has 1 unspecified atom stereocenters. The Labute approximate surface area is 130 Å². The fourth-order valence-electron chi connectivity index (χ4n) is 1.46. The van der Waals surface area contributed by atoms with Gasteiger partial charge in [-0.1, -0.05) is 34.6 Å². The fraction of sp³-hybridized carbons (Fsp3) is 0.364. The van der Waals surface area contributed by atoms with Crippen LogP contribution in [0, 0.1) is 0 Å². The molecule has 1 aromatic carbocycles. The second-order valence-corrected chi connectivity index (χ2v) is 7.31. The van der Waals surface area contributed by atoms with Crippen LogP contribution in [0.3, 0.4) is 0 Å². The molecule has 0 saturated heterocycles. The number of nitrogens with one attached hydrogen (secondary N) is 1. The van der Waals surface area contributed by atoms with E-state index in [1.54, 1.807) is 11.8 Å². The normalized spacial score (nSPS) is 19.3. The van der Waals surface area contributed by atoms with Gasteiger partial charge in [-0.2, -0.15) is 0 Å². The third-order valence-electron chi connectivity index (χ3n) is 2.42. The number of halogens is 3. The number of hydrogen-bond donors (Lipinski definition) is 1. The summed E-state index contributed by atoms with van der Waals surface area (Å²) in [5.41, 5.74) is 1.02. The minimum absolute atomic E-state index is 0.454. The number of anilines is 1. The molecule has 2 nitrogen and oxygen atoms in total. The van der Waals surface area contributed by atoms with Gasteiger partial charge < -0.3 is 5.32 Å². The van der Waals surface area contributed by atoms with Crippen LogP contribution in [0.15, 0.2) is 30.5 Å². The molecule has 1 aliphatic rings. The van der Waals surface area contributed by atoms with E-state index in [9.17, 15) is 0 Å². The lowest BCUT2D eigenvalue weighted by Gasteiger charge is -2.10. The summed E-state index contributed by atoms with van der Waals surface area (Å²) in [6.45, 7) is 2.17. The molecular formula is C11H11Br3N2S. The van der Waals surface area contributed by atoms with Gasteiger partial charge in [0, 0.05) is 19.2 Å². The van der Waals surface area contributed by atoms with Crippen LogP contribution in [0.5, 0.6) is 0 Å². The second-order valence-electron chi connectivity index (χ2n) is 3.68. The fourth-order valence-corrected chi connectivity index (χ4v) is 4.98. The van der Waals surface area contributed by atoms with E-state index in [1.165, 1.54) is 0 Å². The Morgan fingerprint density at radius 3 is 2.53 bits per heavy atom. The van der Waals surface area contributed by atoms with Crippen LogP contribution in [-0.2, 0) is 0 Å². The smallest absolute Gasteiger partial charge is 0.161 e. The van der Waals surface area contributed by atoms with Gasteiger partial charge in [0.05, 0.1) is 11.7 Å². The summed E-state index contributed by atoms with van der Waals surface area (Å²) in [5, 5.41) is 4.37. The third kappa shape index (κ3) is 3.49. The largest absolute Gasteiger partial charge is 0.333 e. The van der Waals surface area contributed by atoms with Crippen molar-refractivity contribution in [2.45, 2.75) is 19.4 Å². The van der Waals surface area contributed by atoms with Crippen LogP contribution in [0.2, 0.25) is 0 Å². The van der Waals surface area contributed by atoms with E-state index in [1.807, 2.05) is 12.1 Å². The molecule has 0 fully saturated rings. The molecule has 17 heavy (non-hydrogen) atoms. The summed E-state index contributed by atoms with van der Waals surface area (Å²) < 4.78 is 3.07. The highest BCUT2D eigenvalue weighted by molar-refractivity contribution is 9.11. The van der Waals surface area contributed by atoms with Crippen molar-refractivity contribution in [3.05, 3.63) is 25.6 Å². The molecule has 0 amide bonds. The van der Waals surface area contributed by atoms with Crippen molar-refractivity contribution in [3.8, 4) is 0 Å². The van der Waals surface area contributed by atoms with Crippen LogP contribution in [0.25, 0.3) is 0 Å². The third-order valence-corrected chi connectivity index (χ3v) is 5.16. The summed E-state index contributed by atoms with van der Waals surface area (Å²) >= 11 is 12.3. The van der Waals surface area contributed by atoms with Crippen molar-refractivity contribution in [2.24, 2.45) is 4.99 Å². The number of aliphatic imine (C=N–C) groups is 1. The average molecular weight is 443 g/mol. The summed E-state index contributed by atoms with van der Waals surface area (Å²) in [6, 6.07) is 4.49. The highest BCUT2D eigenvalue weighted by Crippen LogP contribution is 2.35. The predicted molar refractivity (Wildman–Crippen MR) is 87.1 cm³/mol. The monoisotopic (exact) mass is 440 g/mol. The highest BCUT2D eigenvalue weighted by atomic mass is 79.9. The van der Waals surface area contributed by atoms with Gasteiger partial charge >= 0.3 is 0 Å². The van der Waals surface area contributed by atoms with E-state index in [4.69, 9.17) is 0 Å². The molecule has 0 saturated carbocycles.